The van der Waals surface area contributed by atoms with Crippen LogP contribution in [0.2, 0.25) is 0 Å². The van der Waals surface area contributed by atoms with Gasteiger partial charge in [0.25, 0.3) is 0 Å². The Morgan fingerprint density at radius 1 is 1.13 bits per heavy atom. The van der Waals surface area contributed by atoms with E-state index in [0.29, 0.717) is 27.7 Å². The van der Waals surface area contributed by atoms with Gasteiger partial charge in [-0.25, -0.2) is 0 Å². The van der Waals surface area contributed by atoms with Crippen LogP contribution < -0.4 is 14.2 Å². The summed E-state index contributed by atoms with van der Waals surface area (Å²) >= 11 is 1.18. The number of rotatable bonds is 10. The van der Waals surface area contributed by atoms with Gasteiger partial charge in [-0.2, -0.15) is 0 Å². The molecule has 0 aliphatic carbocycles. The number of aliphatic hydroxyl groups excluding tert-OH is 2. The molecule has 3 aromatic rings. The number of thioether (sulfide) groups is 1. The predicted octanol–water partition coefficient (Wildman–Crippen LogP) is 3.50. The maximum Gasteiger partial charge on any atom is 0.203 e. The van der Waals surface area contributed by atoms with E-state index in [0.717, 1.165) is 16.5 Å². The van der Waals surface area contributed by atoms with E-state index in [4.69, 9.17) is 14.2 Å². The third-order valence-electron chi connectivity index (χ3n) is 4.70. The minimum atomic E-state index is -0.941. The van der Waals surface area contributed by atoms with Gasteiger partial charge in [0.1, 0.15) is 0 Å². The van der Waals surface area contributed by atoms with E-state index in [1.165, 1.54) is 33.1 Å². The summed E-state index contributed by atoms with van der Waals surface area (Å²) in [6.45, 7) is -0.383. The highest BCUT2D eigenvalue weighted by molar-refractivity contribution is 8.04. The van der Waals surface area contributed by atoms with Crippen molar-refractivity contribution in [2.75, 3.05) is 33.7 Å². The average Bonchev–Trinajstić information content (AvgIpc) is 3.22. The van der Waals surface area contributed by atoms with E-state index in [1.54, 1.807) is 18.2 Å². The molecule has 0 aliphatic rings. The zero-order chi connectivity index (χ0) is 22.4. The second-order valence-electron chi connectivity index (χ2n) is 6.69. The molecule has 0 amide bonds. The molecule has 2 aromatic carbocycles. The maximum absolute atomic E-state index is 13.4. The Morgan fingerprint density at radius 2 is 1.81 bits per heavy atom. The molecule has 0 aliphatic heterocycles. The maximum atomic E-state index is 13.4. The fourth-order valence-corrected chi connectivity index (χ4v) is 4.06. The number of hydrogen-bond acceptors (Lipinski definition) is 7. The number of aromatic amines is 1. The quantitative estimate of drug-likeness (QED) is 0.326. The number of fused-ring (bicyclic) bond motifs is 1. The fourth-order valence-electron chi connectivity index (χ4n) is 3.12. The molecule has 0 saturated heterocycles. The first-order chi connectivity index (χ1) is 15.0. The Bertz CT molecular complexity index is 1070. The van der Waals surface area contributed by atoms with Gasteiger partial charge in [-0.1, -0.05) is 18.2 Å². The smallest absolute Gasteiger partial charge is 0.203 e. The molecule has 1 unspecified atom stereocenters. The lowest BCUT2D eigenvalue weighted by molar-refractivity contribution is 0.104. The van der Waals surface area contributed by atoms with Crippen LogP contribution >= 0.6 is 11.8 Å². The number of benzene rings is 2. The molecule has 8 heteroatoms. The Labute approximate surface area is 184 Å². The number of Topliss-reactive ketones (excluding diaryl/α,β-unsaturated/α-hetero) is 1. The third-order valence-corrected chi connectivity index (χ3v) is 5.87. The molecule has 3 rings (SSSR count). The van der Waals surface area contributed by atoms with Crippen LogP contribution in [0, 0.1) is 0 Å². The zero-order valence-corrected chi connectivity index (χ0v) is 18.4. The van der Waals surface area contributed by atoms with Crippen LogP contribution in [0.15, 0.2) is 47.5 Å². The topological polar surface area (TPSA) is 101 Å². The van der Waals surface area contributed by atoms with Crippen LogP contribution in [0.4, 0.5) is 0 Å². The number of ether oxygens (including phenoxy) is 3. The molecule has 1 heterocycles. The summed E-state index contributed by atoms with van der Waals surface area (Å²) in [5.41, 5.74) is 2.15. The van der Waals surface area contributed by atoms with Crippen LogP contribution in [0.25, 0.3) is 17.0 Å². The van der Waals surface area contributed by atoms with Crippen LogP contribution in [0.1, 0.15) is 15.9 Å². The SMILES string of the molecule is COc1cc(C(=O)/C(=C\c2c[nH]c3ccccc23)SCC(O)CO)cc(OC)c1OC. The van der Waals surface area contributed by atoms with E-state index in [9.17, 15) is 15.0 Å². The Balaban J connectivity index is 2.06. The van der Waals surface area contributed by atoms with E-state index in [1.807, 2.05) is 30.5 Å². The number of carbonyl (C=O) groups is 1. The number of aliphatic hydroxyl groups is 2. The summed E-state index contributed by atoms with van der Waals surface area (Å²) in [4.78, 5) is 17.0. The number of nitrogens with one attached hydrogen (secondary N) is 1. The van der Waals surface area contributed by atoms with Crippen LogP contribution in [-0.2, 0) is 0 Å². The summed E-state index contributed by atoms with van der Waals surface area (Å²) in [5.74, 6) is 1.04. The van der Waals surface area contributed by atoms with E-state index < -0.39 is 6.10 Å². The van der Waals surface area contributed by atoms with Gasteiger partial charge in [0.15, 0.2) is 17.3 Å². The second-order valence-corrected chi connectivity index (χ2v) is 7.75. The first-order valence-corrected chi connectivity index (χ1v) is 10.5. The van der Waals surface area contributed by atoms with Gasteiger partial charge in [-0.3, -0.25) is 4.79 Å². The third kappa shape index (κ3) is 5.04. The van der Waals surface area contributed by atoms with E-state index >= 15 is 0 Å². The number of H-pyrrole nitrogens is 1. The Morgan fingerprint density at radius 3 is 2.42 bits per heavy atom. The molecular formula is C23H25NO6S. The molecule has 7 nitrogen and oxygen atoms in total. The first-order valence-electron chi connectivity index (χ1n) is 9.56. The van der Waals surface area contributed by atoms with Crippen molar-refractivity contribution in [1.82, 2.24) is 4.98 Å². The van der Waals surface area contributed by atoms with Crippen molar-refractivity contribution < 1.29 is 29.2 Å². The lowest BCUT2D eigenvalue weighted by atomic mass is 10.1. The minimum absolute atomic E-state index is 0.168. The van der Waals surface area contributed by atoms with Crippen molar-refractivity contribution in [1.29, 1.82) is 0 Å². The van der Waals surface area contributed by atoms with Gasteiger partial charge >= 0.3 is 0 Å². The summed E-state index contributed by atoms with van der Waals surface area (Å²) in [6.07, 6.45) is 2.67. The highest BCUT2D eigenvalue weighted by Crippen LogP contribution is 2.39. The fraction of sp³-hybridized carbons (Fsp3) is 0.261. The van der Waals surface area contributed by atoms with Gasteiger partial charge in [0.2, 0.25) is 5.75 Å². The van der Waals surface area contributed by atoms with Gasteiger partial charge in [-0.05, 0) is 24.3 Å². The number of aromatic nitrogens is 1. The molecule has 0 radical (unpaired) electrons. The molecule has 0 fully saturated rings. The zero-order valence-electron chi connectivity index (χ0n) is 17.5. The summed E-state index contributed by atoms with van der Waals surface area (Å²) in [6, 6.07) is 11.0. The van der Waals surface area contributed by atoms with Crippen LogP contribution in [0.5, 0.6) is 17.2 Å². The van der Waals surface area contributed by atoms with Gasteiger partial charge in [-0.15, -0.1) is 11.8 Å². The number of para-hydroxylation sites is 1. The highest BCUT2D eigenvalue weighted by atomic mass is 32.2. The molecule has 0 saturated carbocycles. The Hall–Kier alpha value is -2.94. The van der Waals surface area contributed by atoms with Crippen LogP contribution in [-0.4, -0.2) is 60.8 Å². The summed E-state index contributed by atoms with van der Waals surface area (Å²) in [7, 11) is 4.47. The molecule has 1 atom stereocenters. The van der Waals surface area contributed by atoms with Crippen molar-refractivity contribution >= 4 is 34.5 Å². The van der Waals surface area contributed by atoms with Crippen molar-refractivity contribution in [2.24, 2.45) is 0 Å². The number of hydrogen-bond donors (Lipinski definition) is 3. The number of ketones is 1. The van der Waals surface area contributed by atoms with Gasteiger partial charge < -0.3 is 29.4 Å². The van der Waals surface area contributed by atoms with Crippen LogP contribution in [0.3, 0.4) is 0 Å². The molecular weight excluding hydrogens is 418 g/mol. The second kappa shape index (κ2) is 10.4. The number of allylic oxidation sites excluding steroid dienone is 1. The summed E-state index contributed by atoms with van der Waals surface area (Å²) in [5, 5.41) is 20.0. The lowest BCUT2D eigenvalue weighted by Gasteiger charge is -2.15. The van der Waals surface area contributed by atoms with Gasteiger partial charge in [0, 0.05) is 34.0 Å². The molecule has 31 heavy (non-hydrogen) atoms. The number of methoxy groups -OCH3 is 3. The highest BCUT2D eigenvalue weighted by Gasteiger charge is 2.21. The van der Waals surface area contributed by atoms with Crippen molar-refractivity contribution in [3.05, 3.63) is 58.6 Å². The molecule has 0 bridgehead atoms. The lowest BCUT2D eigenvalue weighted by Crippen LogP contribution is -2.16. The molecule has 1 aromatic heterocycles. The average molecular weight is 444 g/mol. The van der Waals surface area contributed by atoms with Crippen molar-refractivity contribution in [2.45, 2.75) is 6.10 Å². The van der Waals surface area contributed by atoms with Crippen molar-refractivity contribution in [3.63, 3.8) is 0 Å². The predicted molar refractivity (Wildman–Crippen MR) is 122 cm³/mol. The standard InChI is InChI=1S/C23H25NO6S/c1-28-19-8-14(9-20(29-2)23(19)30-3)22(27)21(31-13-16(26)12-25)10-15-11-24-18-7-5-4-6-17(15)18/h4-11,16,24-26H,12-13H2,1-3H3/b21-10+. The molecule has 0 spiro atoms. The van der Waals surface area contributed by atoms with E-state index in [2.05, 4.69) is 4.98 Å². The van der Waals surface area contributed by atoms with Gasteiger partial charge in [0.05, 0.1) is 38.9 Å². The summed E-state index contributed by atoms with van der Waals surface area (Å²) < 4.78 is 16.1. The monoisotopic (exact) mass is 443 g/mol. The number of carbonyl (C=O) groups excluding carboxylic acids is 1. The first kappa shape index (κ1) is 22.7. The Kier molecular flexibility index (Phi) is 7.62. The van der Waals surface area contributed by atoms with E-state index in [-0.39, 0.29) is 18.1 Å². The minimum Gasteiger partial charge on any atom is -0.493 e. The largest absolute Gasteiger partial charge is 0.493 e. The van der Waals surface area contributed by atoms with Crippen molar-refractivity contribution in [3.8, 4) is 17.2 Å². The molecule has 3 N–H and O–H groups in total. The molecule has 164 valence electrons. The normalized spacial score (nSPS) is 12.6.